The Balaban J connectivity index is 2.02. The monoisotopic (exact) mass is 355 g/mol. The summed E-state index contributed by atoms with van der Waals surface area (Å²) in [6.07, 6.45) is 1.36. The zero-order valence-corrected chi connectivity index (χ0v) is 15.3. The Morgan fingerprint density at radius 3 is 2.50 bits per heavy atom. The molecule has 0 aliphatic carbocycles. The van der Waals surface area contributed by atoms with Gasteiger partial charge in [0.2, 0.25) is 0 Å². The van der Waals surface area contributed by atoms with E-state index < -0.39 is 5.43 Å². The highest BCUT2D eigenvalue weighted by Gasteiger charge is 2.20. The van der Waals surface area contributed by atoms with Crippen LogP contribution < -0.4 is 15.6 Å². The largest absolute Gasteiger partial charge is 0.503 e. The van der Waals surface area contributed by atoms with E-state index in [1.165, 1.54) is 6.20 Å². The lowest BCUT2D eigenvalue weighted by molar-refractivity contribution is 0.271. The smallest absolute Gasteiger partial charge is 0.251 e. The second kappa shape index (κ2) is 7.61. The molecule has 138 valence electrons. The van der Waals surface area contributed by atoms with Crippen LogP contribution >= 0.6 is 0 Å². The molecule has 1 aromatic heterocycles. The van der Waals surface area contributed by atoms with Crippen molar-refractivity contribution in [2.75, 3.05) is 44.7 Å². The number of likely N-dealkylation sites (N-methyl/N-ethyl adjacent to an activating group) is 1. The van der Waals surface area contributed by atoms with E-state index in [0.717, 1.165) is 44.1 Å². The van der Waals surface area contributed by atoms with E-state index in [0.29, 0.717) is 5.70 Å². The molecule has 7 heteroatoms. The van der Waals surface area contributed by atoms with Gasteiger partial charge in [0.15, 0.2) is 11.4 Å². The molecule has 26 heavy (non-hydrogen) atoms. The maximum atomic E-state index is 12.2. The van der Waals surface area contributed by atoms with Crippen molar-refractivity contribution in [3.05, 3.63) is 53.0 Å². The molecule has 1 aliphatic rings. The van der Waals surface area contributed by atoms with Gasteiger partial charge in [-0.3, -0.25) is 4.79 Å². The van der Waals surface area contributed by atoms with E-state index >= 15 is 0 Å². The van der Waals surface area contributed by atoms with Crippen LogP contribution in [0, 0.1) is 0 Å². The number of rotatable bonds is 5. The summed E-state index contributed by atoms with van der Waals surface area (Å²) in [6, 6.07) is 7.89. The van der Waals surface area contributed by atoms with Gasteiger partial charge in [-0.2, -0.15) is 5.10 Å². The SMILES string of the molecule is C=C(NC)c1nn(-c2ccccc2N2CCN(CC)CC2)cc(O)c1=O. The van der Waals surface area contributed by atoms with Crippen molar-refractivity contribution in [2.45, 2.75) is 6.92 Å². The van der Waals surface area contributed by atoms with Crippen LogP contribution in [0.5, 0.6) is 5.75 Å². The molecule has 2 heterocycles. The fourth-order valence-corrected chi connectivity index (χ4v) is 3.15. The van der Waals surface area contributed by atoms with E-state index in [2.05, 4.69) is 33.7 Å². The number of hydrogen-bond donors (Lipinski definition) is 2. The van der Waals surface area contributed by atoms with Crippen LogP contribution in [0.25, 0.3) is 11.4 Å². The molecule has 7 nitrogen and oxygen atoms in total. The maximum absolute atomic E-state index is 12.2. The number of nitrogens with one attached hydrogen (secondary N) is 1. The standard InChI is InChI=1S/C19H25N5O2/c1-4-22-9-11-23(12-10-22)15-7-5-6-8-16(15)24-13-17(25)19(26)18(21-24)14(2)20-3/h5-8,13,20,25H,2,4,9-12H2,1,3H3. The predicted octanol–water partition coefficient (Wildman–Crippen LogP) is 1.27. The summed E-state index contributed by atoms with van der Waals surface area (Å²) in [5.41, 5.74) is 1.79. The molecule has 1 fully saturated rings. The van der Waals surface area contributed by atoms with Crippen LogP contribution in [0.3, 0.4) is 0 Å². The summed E-state index contributed by atoms with van der Waals surface area (Å²) < 4.78 is 1.55. The van der Waals surface area contributed by atoms with Crippen molar-refractivity contribution in [2.24, 2.45) is 0 Å². The summed E-state index contributed by atoms with van der Waals surface area (Å²) in [4.78, 5) is 16.9. The minimum absolute atomic E-state index is 0.109. The van der Waals surface area contributed by atoms with Gasteiger partial charge in [0.05, 0.1) is 23.3 Å². The first-order chi connectivity index (χ1) is 12.5. The summed E-state index contributed by atoms with van der Waals surface area (Å²) in [6.45, 7) is 10.9. The van der Waals surface area contributed by atoms with E-state index in [1.807, 2.05) is 24.3 Å². The van der Waals surface area contributed by atoms with E-state index in [4.69, 9.17) is 0 Å². The van der Waals surface area contributed by atoms with Gasteiger partial charge < -0.3 is 20.2 Å². The Hall–Kier alpha value is -2.80. The first kappa shape index (κ1) is 18.0. The van der Waals surface area contributed by atoms with E-state index in [-0.39, 0.29) is 11.4 Å². The van der Waals surface area contributed by atoms with Gasteiger partial charge in [0.25, 0.3) is 5.43 Å². The van der Waals surface area contributed by atoms with Crippen LogP contribution in [-0.2, 0) is 0 Å². The Morgan fingerprint density at radius 2 is 1.88 bits per heavy atom. The van der Waals surface area contributed by atoms with Gasteiger partial charge in [-0.25, -0.2) is 4.68 Å². The first-order valence-electron chi connectivity index (χ1n) is 8.81. The third-order valence-electron chi connectivity index (χ3n) is 4.78. The molecule has 0 atom stereocenters. The second-order valence-corrected chi connectivity index (χ2v) is 6.28. The number of para-hydroxylation sites is 2. The van der Waals surface area contributed by atoms with Crippen molar-refractivity contribution in [1.82, 2.24) is 20.0 Å². The molecule has 0 radical (unpaired) electrons. The maximum Gasteiger partial charge on any atom is 0.251 e. The molecular formula is C19H25N5O2. The number of nitrogens with zero attached hydrogens (tertiary/aromatic N) is 4. The zero-order valence-electron chi connectivity index (χ0n) is 15.3. The van der Waals surface area contributed by atoms with Crippen LogP contribution in [0.1, 0.15) is 12.6 Å². The van der Waals surface area contributed by atoms with Gasteiger partial charge in [-0.05, 0) is 18.7 Å². The topological polar surface area (TPSA) is 73.6 Å². The van der Waals surface area contributed by atoms with Crippen LogP contribution in [0.4, 0.5) is 5.69 Å². The molecule has 0 amide bonds. The molecule has 0 saturated carbocycles. The number of piperazine rings is 1. The Labute approximate surface area is 153 Å². The second-order valence-electron chi connectivity index (χ2n) is 6.28. The molecular weight excluding hydrogens is 330 g/mol. The van der Waals surface area contributed by atoms with Crippen molar-refractivity contribution in [1.29, 1.82) is 0 Å². The molecule has 0 unspecified atom stereocenters. The summed E-state index contributed by atoms with van der Waals surface area (Å²) >= 11 is 0. The molecule has 3 rings (SSSR count). The van der Waals surface area contributed by atoms with Crippen LogP contribution in [0.15, 0.2) is 41.8 Å². The lowest BCUT2D eigenvalue weighted by Gasteiger charge is -2.36. The third-order valence-corrected chi connectivity index (χ3v) is 4.78. The fourth-order valence-electron chi connectivity index (χ4n) is 3.15. The molecule has 1 aliphatic heterocycles. The average molecular weight is 355 g/mol. The number of hydrogen-bond acceptors (Lipinski definition) is 6. The van der Waals surface area contributed by atoms with Crippen LogP contribution in [0.2, 0.25) is 0 Å². The summed E-state index contributed by atoms with van der Waals surface area (Å²) in [5, 5.41) is 17.3. The molecule has 0 spiro atoms. The highest BCUT2D eigenvalue weighted by Crippen LogP contribution is 2.25. The summed E-state index contributed by atoms with van der Waals surface area (Å²) in [5.74, 6) is -0.350. The minimum Gasteiger partial charge on any atom is -0.503 e. The fraction of sp³-hybridized carbons (Fsp3) is 0.368. The number of aromatic nitrogens is 2. The van der Waals surface area contributed by atoms with Crippen molar-refractivity contribution < 1.29 is 5.11 Å². The molecule has 1 aromatic carbocycles. The van der Waals surface area contributed by atoms with Gasteiger partial charge in [-0.1, -0.05) is 25.6 Å². The average Bonchev–Trinajstić information content (AvgIpc) is 2.69. The minimum atomic E-state index is -0.533. The number of aromatic hydroxyl groups is 1. The number of benzene rings is 1. The van der Waals surface area contributed by atoms with Crippen molar-refractivity contribution in [3.8, 4) is 11.4 Å². The van der Waals surface area contributed by atoms with Gasteiger partial charge in [0.1, 0.15) is 0 Å². The van der Waals surface area contributed by atoms with Gasteiger partial charge in [0, 0.05) is 33.2 Å². The molecule has 2 aromatic rings. The lowest BCUT2D eigenvalue weighted by atomic mass is 10.2. The Kier molecular flexibility index (Phi) is 5.27. The molecule has 1 saturated heterocycles. The summed E-state index contributed by atoms with van der Waals surface area (Å²) in [7, 11) is 1.67. The van der Waals surface area contributed by atoms with Gasteiger partial charge in [-0.15, -0.1) is 0 Å². The molecule has 0 bridgehead atoms. The molecule has 2 N–H and O–H groups in total. The van der Waals surface area contributed by atoms with E-state index in [9.17, 15) is 9.90 Å². The van der Waals surface area contributed by atoms with Crippen molar-refractivity contribution >= 4 is 11.4 Å². The number of anilines is 1. The Morgan fingerprint density at radius 1 is 1.23 bits per heavy atom. The zero-order chi connectivity index (χ0) is 18.7. The highest BCUT2D eigenvalue weighted by molar-refractivity contribution is 5.64. The highest BCUT2D eigenvalue weighted by atomic mass is 16.3. The quantitative estimate of drug-likeness (QED) is 0.842. The third kappa shape index (κ3) is 3.43. The predicted molar refractivity (Wildman–Crippen MR) is 104 cm³/mol. The first-order valence-corrected chi connectivity index (χ1v) is 8.81. The lowest BCUT2D eigenvalue weighted by Crippen LogP contribution is -2.46. The Bertz CT molecular complexity index is 853. The van der Waals surface area contributed by atoms with Gasteiger partial charge >= 0.3 is 0 Å². The van der Waals surface area contributed by atoms with Crippen LogP contribution in [-0.4, -0.2) is 59.6 Å². The van der Waals surface area contributed by atoms with Crippen molar-refractivity contribution in [3.63, 3.8) is 0 Å². The van der Waals surface area contributed by atoms with E-state index in [1.54, 1.807) is 11.7 Å². The normalized spacial score (nSPS) is 15.1.